The number of aromatic hydroxyl groups is 1. The summed E-state index contributed by atoms with van der Waals surface area (Å²) < 4.78 is 25.2. The van der Waals surface area contributed by atoms with Crippen LogP contribution in [0.3, 0.4) is 0 Å². The molecule has 0 spiro atoms. The molecule has 0 saturated carbocycles. The molecular weight excluding hydrogens is 434 g/mol. The number of aliphatic carboxylic acids is 1. The first-order valence-electron chi connectivity index (χ1n) is 9.58. The molecule has 2 aromatic carbocycles. The second-order valence-corrected chi connectivity index (χ2v) is 9.86. The van der Waals surface area contributed by atoms with E-state index in [2.05, 4.69) is 15.0 Å². The van der Waals surface area contributed by atoms with Gasteiger partial charge in [0, 0.05) is 24.0 Å². The molecule has 10 heteroatoms. The molecule has 1 amide bonds. The zero-order valence-electron chi connectivity index (χ0n) is 17.7. The van der Waals surface area contributed by atoms with Gasteiger partial charge in [0.05, 0.1) is 11.7 Å². The summed E-state index contributed by atoms with van der Waals surface area (Å²) in [5.41, 5.74) is 0.404. The molecule has 0 atom stereocenters. The van der Waals surface area contributed by atoms with E-state index >= 15 is 0 Å². The smallest absolute Gasteiger partial charge is 0.310 e. The van der Waals surface area contributed by atoms with Crippen molar-refractivity contribution in [1.29, 1.82) is 0 Å². The van der Waals surface area contributed by atoms with Crippen molar-refractivity contribution in [2.45, 2.75) is 13.8 Å². The van der Waals surface area contributed by atoms with E-state index in [1.54, 1.807) is 24.3 Å². The zero-order valence-corrected chi connectivity index (χ0v) is 18.5. The monoisotopic (exact) mass is 457 g/mol. The Labute approximate surface area is 185 Å². The van der Waals surface area contributed by atoms with E-state index in [1.165, 1.54) is 26.1 Å². The van der Waals surface area contributed by atoms with Gasteiger partial charge in [-0.05, 0) is 54.4 Å². The summed E-state index contributed by atoms with van der Waals surface area (Å²) in [6.07, 6.45) is 2.52. The Hall–Kier alpha value is -3.66. The minimum atomic E-state index is -3.38. The summed E-state index contributed by atoms with van der Waals surface area (Å²) in [5.74, 6) is -2.06. The van der Waals surface area contributed by atoms with Crippen LogP contribution in [0.25, 0.3) is 21.9 Å². The number of carbonyl (C=O) groups excluding carboxylic acids is 1. The molecule has 4 N–H and O–H groups in total. The molecule has 9 nitrogen and oxygen atoms in total. The average Bonchev–Trinajstić information content (AvgIpc) is 2.70. The Balaban J connectivity index is 1.82. The molecule has 0 radical (unpaired) electrons. The molecule has 3 aromatic rings. The number of nitrogens with zero attached hydrogens (tertiary/aromatic N) is 1. The quantitative estimate of drug-likeness (QED) is 0.427. The van der Waals surface area contributed by atoms with Gasteiger partial charge in [-0.2, -0.15) is 0 Å². The van der Waals surface area contributed by atoms with Gasteiger partial charge >= 0.3 is 5.97 Å². The van der Waals surface area contributed by atoms with Crippen LogP contribution >= 0.6 is 0 Å². The highest BCUT2D eigenvalue weighted by Gasteiger charge is 2.28. The number of sulfonamides is 1. The minimum absolute atomic E-state index is 0.120. The lowest BCUT2D eigenvalue weighted by atomic mass is 9.94. The number of nitrogens with one attached hydrogen (secondary N) is 2. The Kier molecular flexibility index (Phi) is 6.09. The van der Waals surface area contributed by atoms with Crippen molar-refractivity contribution in [2.75, 3.05) is 17.5 Å². The highest BCUT2D eigenvalue weighted by atomic mass is 32.2. The first-order valence-corrected chi connectivity index (χ1v) is 11.5. The van der Waals surface area contributed by atoms with Crippen molar-refractivity contribution in [3.05, 3.63) is 54.4 Å². The zero-order chi connectivity index (χ0) is 23.7. The Morgan fingerprint density at radius 2 is 1.69 bits per heavy atom. The fourth-order valence-corrected chi connectivity index (χ4v) is 3.50. The van der Waals surface area contributed by atoms with Crippen LogP contribution in [-0.2, 0) is 14.8 Å². The average molecular weight is 458 g/mol. The predicted molar refractivity (Wildman–Crippen MR) is 121 cm³/mol. The van der Waals surface area contributed by atoms with E-state index in [1.807, 2.05) is 12.1 Å². The second kappa shape index (κ2) is 8.46. The lowest BCUT2D eigenvalue weighted by Crippen LogP contribution is -2.39. The van der Waals surface area contributed by atoms with Crippen molar-refractivity contribution in [2.24, 2.45) is 5.41 Å². The molecule has 0 aliphatic heterocycles. The predicted octanol–water partition coefficient (Wildman–Crippen LogP) is 2.82. The van der Waals surface area contributed by atoms with E-state index < -0.39 is 27.3 Å². The van der Waals surface area contributed by atoms with Crippen LogP contribution in [0.5, 0.6) is 5.75 Å². The fraction of sp³-hybridized carbons (Fsp3) is 0.227. The number of carboxylic acids is 1. The Morgan fingerprint density at radius 3 is 2.31 bits per heavy atom. The molecule has 0 unspecified atom stereocenters. The number of rotatable bonds is 7. The number of pyridine rings is 1. The van der Waals surface area contributed by atoms with Gasteiger partial charge in [0.1, 0.15) is 5.75 Å². The largest absolute Gasteiger partial charge is 0.505 e. The number of carboxylic acid groups (broad SMARTS) is 1. The molecule has 1 aromatic heterocycles. The first-order chi connectivity index (χ1) is 14.9. The molecule has 1 heterocycles. The highest BCUT2D eigenvalue weighted by molar-refractivity contribution is 7.92. The minimum Gasteiger partial charge on any atom is -0.505 e. The number of fused-ring (bicyclic) bond motifs is 1. The number of hydrogen-bond donors (Lipinski definition) is 4. The molecule has 0 fully saturated rings. The van der Waals surface area contributed by atoms with Crippen molar-refractivity contribution >= 4 is 38.4 Å². The molecule has 0 aliphatic carbocycles. The molecule has 0 aliphatic rings. The van der Waals surface area contributed by atoms with Crippen LogP contribution in [0.2, 0.25) is 0 Å². The van der Waals surface area contributed by atoms with Gasteiger partial charge in [0.2, 0.25) is 10.0 Å². The van der Waals surface area contributed by atoms with Crippen molar-refractivity contribution in [1.82, 2.24) is 10.3 Å². The van der Waals surface area contributed by atoms with Gasteiger partial charge in [-0.15, -0.1) is 0 Å². The topological polar surface area (TPSA) is 146 Å². The van der Waals surface area contributed by atoms with E-state index in [4.69, 9.17) is 5.11 Å². The summed E-state index contributed by atoms with van der Waals surface area (Å²) >= 11 is 0. The van der Waals surface area contributed by atoms with Crippen LogP contribution in [0.4, 0.5) is 5.69 Å². The van der Waals surface area contributed by atoms with E-state index in [0.29, 0.717) is 11.3 Å². The summed E-state index contributed by atoms with van der Waals surface area (Å²) in [4.78, 5) is 27.5. The molecular formula is C22H23N3O6S. The summed E-state index contributed by atoms with van der Waals surface area (Å²) in [6.45, 7) is 2.84. The lowest BCUT2D eigenvalue weighted by molar-refractivity contribution is -0.146. The van der Waals surface area contributed by atoms with Crippen LogP contribution < -0.4 is 10.0 Å². The normalized spacial score (nSPS) is 11.8. The third-order valence-corrected chi connectivity index (χ3v) is 5.44. The van der Waals surface area contributed by atoms with Crippen molar-refractivity contribution < 1.29 is 28.2 Å². The lowest BCUT2D eigenvalue weighted by Gasteiger charge is -2.19. The maximum atomic E-state index is 12.3. The number of aromatic nitrogens is 1. The van der Waals surface area contributed by atoms with Gasteiger partial charge in [-0.3, -0.25) is 14.3 Å². The van der Waals surface area contributed by atoms with Crippen molar-refractivity contribution in [3.63, 3.8) is 0 Å². The highest BCUT2D eigenvalue weighted by Crippen LogP contribution is 2.29. The summed E-state index contributed by atoms with van der Waals surface area (Å²) in [7, 11) is -3.38. The molecule has 168 valence electrons. The molecule has 3 rings (SSSR count). The SMILES string of the molecule is CC(C)(CNC(=O)c1ncc(-c2ccc3cc(NS(C)(=O)=O)ccc3c2)cc1O)C(=O)O. The number of anilines is 1. The van der Waals surface area contributed by atoms with Gasteiger partial charge in [0.15, 0.2) is 5.69 Å². The van der Waals surface area contributed by atoms with Gasteiger partial charge in [-0.1, -0.05) is 18.2 Å². The summed E-state index contributed by atoms with van der Waals surface area (Å²) in [5, 5.41) is 23.6. The van der Waals surface area contributed by atoms with Crippen LogP contribution in [0, 0.1) is 5.41 Å². The van der Waals surface area contributed by atoms with Gasteiger partial charge in [-0.25, -0.2) is 13.4 Å². The molecule has 0 bridgehead atoms. The Bertz CT molecular complexity index is 1320. The fourth-order valence-electron chi connectivity index (χ4n) is 2.95. The number of amides is 1. The third-order valence-electron chi connectivity index (χ3n) is 4.83. The third kappa shape index (κ3) is 5.33. The van der Waals surface area contributed by atoms with Gasteiger partial charge < -0.3 is 15.5 Å². The standard InChI is InChI=1S/C22H23N3O6S/c1-22(2,21(28)29)12-24-20(27)19-18(26)10-16(11-23-19)14-4-5-15-9-17(25-32(3,30)31)7-6-13(15)8-14/h4-11,25-26H,12H2,1-3H3,(H,24,27)(H,28,29). The second-order valence-electron chi connectivity index (χ2n) is 8.11. The molecule has 0 saturated heterocycles. The number of benzene rings is 2. The van der Waals surface area contributed by atoms with Crippen LogP contribution in [0.1, 0.15) is 24.3 Å². The first kappa shape index (κ1) is 23.0. The maximum absolute atomic E-state index is 12.3. The Morgan fingerprint density at radius 1 is 1.03 bits per heavy atom. The van der Waals surface area contributed by atoms with Gasteiger partial charge in [0.25, 0.3) is 5.91 Å². The van der Waals surface area contributed by atoms with Crippen molar-refractivity contribution in [3.8, 4) is 16.9 Å². The maximum Gasteiger partial charge on any atom is 0.310 e. The molecule has 32 heavy (non-hydrogen) atoms. The summed E-state index contributed by atoms with van der Waals surface area (Å²) in [6, 6.07) is 12.0. The number of hydrogen-bond acceptors (Lipinski definition) is 6. The van der Waals surface area contributed by atoms with E-state index in [9.17, 15) is 23.1 Å². The van der Waals surface area contributed by atoms with Crippen LogP contribution in [0.15, 0.2) is 48.7 Å². The van der Waals surface area contributed by atoms with Crippen LogP contribution in [-0.4, -0.2) is 48.3 Å². The van der Waals surface area contributed by atoms with E-state index in [0.717, 1.165) is 22.6 Å². The number of carbonyl (C=O) groups is 2. The van der Waals surface area contributed by atoms with E-state index in [-0.39, 0.29) is 18.0 Å².